The zero-order valence-electron chi connectivity index (χ0n) is 41.9. The number of likely N-dealkylation sites (tertiary alicyclic amines) is 4. The maximum absolute atomic E-state index is 13.9. The second kappa shape index (κ2) is 26.6. The summed E-state index contributed by atoms with van der Waals surface area (Å²) in [4.78, 5) is 60.9. The number of ether oxygens (including phenoxy) is 4. The highest BCUT2D eigenvalue weighted by molar-refractivity contribution is 6.42. The summed E-state index contributed by atoms with van der Waals surface area (Å²) in [7, 11) is 0. The monoisotopic (exact) mass is 1100 g/mol. The molecule has 4 fully saturated rings. The van der Waals surface area contributed by atoms with E-state index < -0.39 is 24.1 Å². The van der Waals surface area contributed by atoms with Crippen LogP contribution in [0, 0.1) is 0 Å². The second-order valence-electron chi connectivity index (χ2n) is 19.9. The molecule has 0 saturated carbocycles. The second-order valence-corrected chi connectivity index (χ2v) is 21.5. The molecule has 0 radical (unpaired) electrons. The summed E-state index contributed by atoms with van der Waals surface area (Å²) in [5.41, 5.74) is 4.80. The maximum atomic E-state index is 13.9. The quantitative estimate of drug-likeness (QED) is 0.0689. The van der Waals surface area contributed by atoms with Gasteiger partial charge in [0.2, 0.25) is 11.8 Å². The van der Waals surface area contributed by atoms with Crippen LogP contribution in [0.5, 0.6) is 11.5 Å². The Morgan fingerprint density at radius 1 is 0.507 bits per heavy atom. The normalized spacial score (nSPS) is 17.7. The summed E-state index contributed by atoms with van der Waals surface area (Å²) in [6.07, 6.45) is 5.20. The van der Waals surface area contributed by atoms with Crippen molar-refractivity contribution in [1.29, 1.82) is 0 Å². The first-order valence-corrected chi connectivity index (χ1v) is 27.3. The standard InChI is InChI=1S/C58H62Cl4N4O8.H2O/c59-51-17-15-45(31-53(51)61)41-19-25-63(26-20-41)35-49(37-71-47-7-1-5-39(29-47)33-65-23-3-9-55(65)67)73-57(69)43-11-13-44(14-12-43)58(70)74-50(36-64-27-21-42(22-28-64)46-16-18-52(60)54(62)32-46)38-72-48-8-2-6-40(30-48)34-66-24-4-10-56(66)68;/h1-2,5-8,11-18,29-32,41-42,49-50H,3-4,9-10,19-28,33-38H2;1H2. The van der Waals surface area contributed by atoms with Crippen LogP contribution in [0.25, 0.3) is 0 Å². The number of halogens is 4. The third-order valence-corrected chi connectivity index (χ3v) is 16.1. The third kappa shape index (κ3) is 15.4. The minimum Gasteiger partial charge on any atom is -0.490 e. The number of benzene rings is 5. The molecule has 9 rings (SSSR count). The number of piperidine rings is 2. The van der Waals surface area contributed by atoms with Crippen LogP contribution in [-0.2, 0) is 32.2 Å². The van der Waals surface area contributed by atoms with Crippen molar-refractivity contribution >= 4 is 70.2 Å². The SMILES string of the molecule is O.O=C(OC(COc1cccc(CN2CCCC2=O)c1)CN1CCC(c2ccc(Cl)c(Cl)c2)CC1)c1ccc(C(=O)OC(COc2cccc(CN3CCCC3=O)c2)CN2CCC(c3ccc(Cl)c(Cl)c3)CC2)cc1. The Morgan fingerprint density at radius 3 is 1.27 bits per heavy atom. The molecule has 2 amide bonds. The fourth-order valence-corrected chi connectivity index (χ4v) is 11.1. The molecule has 2 unspecified atom stereocenters. The molecule has 5 aromatic rings. The van der Waals surface area contributed by atoms with Gasteiger partial charge in [-0.3, -0.25) is 19.4 Å². The lowest BCUT2D eigenvalue weighted by Gasteiger charge is -2.34. The molecule has 4 aliphatic rings. The summed E-state index contributed by atoms with van der Waals surface area (Å²) in [6.45, 7) is 6.75. The number of hydrogen-bond donors (Lipinski definition) is 0. The number of hydrogen-bond acceptors (Lipinski definition) is 10. The van der Waals surface area contributed by atoms with Gasteiger partial charge in [0.1, 0.15) is 36.9 Å². The molecule has 2 atom stereocenters. The van der Waals surface area contributed by atoms with E-state index in [0.29, 0.717) is 82.4 Å². The fourth-order valence-electron chi connectivity index (χ4n) is 10.5. The molecule has 4 aliphatic heterocycles. The summed E-state index contributed by atoms with van der Waals surface area (Å²) >= 11 is 25.2. The van der Waals surface area contributed by atoms with Gasteiger partial charge >= 0.3 is 11.9 Å². The molecule has 0 spiro atoms. The summed E-state index contributed by atoms with van der Waals surface area (Å²) in [5, 5.41) is 2.15. The van der Waals surface area contributed by atoms with Crippen molar-refractivity contribution in [3.8, 4) is 11.5 Å². The van der Waals surface area contributed by atoms with Crippen molar-refractivity contribution in [2.45, 2.75) is 88.5 Å². The van der Waals surface area contributed by atoms with Crippen molar-refractivity contribution in [3.05, 3.63) is 163 Å². The van der Waals surface area contributed by atoms with Gasteiger partial charge in [-0.15, -0.1) is 0 Å². The van der Waals surface area contributed by atoms with Crippen molar-refractivity contribution in [3.63, 3.8) is 0 Å². The topological polar surface area (TPSA) is 150 Å². The minimum atomic E-state index is -0.629. The highest BCUT2D eigenvalue weighted by atomic mass is 35.5. The molecular formula is C58H64Cl4N4O9. The predicted octanol–water partition coefficient (Wildman–Crippen LogP) is 10.7. The smallest absolute Gasteiger partial charge is 0.338 e. The third-order valence-electron chi connectivity index (χ3n) is 14.6. The summed E-state index contributed by atoms with van der Waals surface area (Å²) in [6, 6.07) is 33.3. The van der Waals surface area contributed by atoms with Crippen molar-refractivity contribution in [2.75, 3.05) is 65.6 Å². The Bertz CT molecular complexity index is 2580. The van der Waals surface area contributed by atoms with E-state index in [-0.39, 0.29) is 41.6 Å². The molecule has 0 bridgehead atoms. The Labute approximate surface area is 459 Å². The predicted molar refractivity (Wildman–Crippen MR) is 291 cm³/mol. The number of esters is 2. The number of carbonyl (C=O) groups is 4. The van der Waals surface area contributed by atoms with E-state index >= 15 is 0 Å². The van der Waals surface area contributed by atoms with Gasteiger partial charge in [0.15, 0.2) is 0 Å². The molecule has 4 saturated heterocycles. The zero-order valence-corrected chi connectivity index (χ0v) is 44.9. The van der Waals surface area contributed by atoms with Crippen LogP contribution in [0.2, 0.25) is 20.1 Å². The molecule has 13 nitrogen and oxygen atoms in total. The van der Waals surface area contributed by atoms with Crippen LogP contribution in [-0.4, -0.2) is 127 Å². The fraction of sp³-hybridized carbons (Fsp3) is 0.414. The number of rotatable bonds is 20. The average Bonchev–Trinajstić information content (AvgIpc) is 4.02. The first kappa shape index (κ1) is 55.8. The molecule has 17 heteroatoms. The maximum Gasteiger partial charge on any atom is 0.338 e. The molecule has 75 heavy (non-hydrogen) atoms. The molecule has 0 aliphatic carbocycles. The highest BCUT2D eigenvalue weighted by Gasteiger charge is 2.29. The minimum absolute atomic E-state index is 0. The van der Waals surface area contributed by atoms with E-state index in [9.17, 15) is 19.2 Å². The van der Waals surface area contributed by atoms with Gasteiger partial charge < -0.3 is 34.2 Å². The van der Waals surface area contributed by atoms with Gasteiger partial charge in [-0.25, -0.2) is 9.59 Å². The number of carbonyl (C=O) groups excluding carboxylic acids is 4. The van der Waals surface area contributed by atoms with Gasteiger partial charge in [-0.2, -0.15) is 0 Å². The van der Waals surface area contributed by atoms with Crippen LogP contribution < -0.4 is 9.47 Å². The van der Waals surface area contributed by atoms with Crippen LogP contribution in [0.3, 0.4) is 0 Å². The first-order valence-electron chi connectivity index (χ1n) is 25.7. The molecule has 5 aromatic carbocycles. The van der Waals surface area contributed by atoms with E-state index in [4.69, 9.17) is 65.4 Å². The molecule has 2 N–H and O–H groups in total. The van der Waals surface area contributed by atoms with Crippen molar-refractivity contribution < 1.29 is 43.6 Å². The van der Waals surface area contributed by atoms with Gasteiger partial charge in [-0.05, 0) is 172 Å². The summed E-state index contributed by atoms with van der Waals surface area (Å²) in [5.74, 6) is 1.11. The molecule has 0 aromatic heterocycles. The van der Waals surface area contributed by atoms with Crippen molar-refractivity contribution in [2.24, 2.45) is 0 Å². The van der Waals surface area contributed by atoms with E-state index in [0.717, 1.165) is 100 Å². The Hall–Kier alpha value is -5.38. The van der Waals surface area contributed by atoms with Gasteiger partial charge in [0.25, 0.3) is 0 Å². The molecule has 4 heterocycles. The van der Waals surface area contributed by atoms with Crippen LogP contribution >= 0.6 is 46.4 Å². The average molecular weight is 1100 g/mol. The van der Waals surface area contributed by atoms with E-state index in [1.54, 1.807) is 24.3 Å². The number of amides is 2. The van der Waals surface area contributed by atoms with Crippen LogP contribution in [0.15, 0.2) is 109 Å². The first-order chi connectivity index (χ1) is 35.9. The van der Waals surface area contributed by atoms with Gasteiger partial charge in [-0.1, -0.05) is 82.8 Å². The molecular weight excluding hydrogens is 1040 g/mol. The zero-order chi connectivity index (χ0) is 51.6. The van der Waals surface area contributed by atoms with Crippen LogP contribution in [0.4, 0.5) is 0 Å². The van der Waals surface area contributed by atoms with Gasteiger partial charge in [0.05, 0.1) is 31.2 Å². The lowest BCUT2D eigenvalue weighted by molar-refractivity contribution is -0.129. The molecule has 398 valence electrons. The Balaban J connectivity index is 0.00000747. The van der Waals surface area contributed by atoms with Crippen molar-refractivity contribution in [1.82, 2.24) is 19.6 Å². The van der Waals surface area contributed by atoms with E-state index in [1.165, 1.54) is 0 Å². The largest absolute Gasteiger partial charge is 0.490 e. The van der Waals surface area contributed by atoms with E-state index in [1.807, 2.05) is 94.7 Å². The van der Waals surface area contributed by atoms with Crippen LogP contribution in [0.1, 0.15) is 106 Å². The lowest BCUT2D eigenvalue weighted by atomic mass is 9.89. The Kier molecular flexibility index (Phi) is 19.8. The number of nitrogens with zero attached hydrogens (tertiary/aromatic N) is 4. The lowest BCUT2D eigenvalue weighted by Crippen LogP contribution is -2.42. The van der Waals surface area contributed by atoms with E-state index in [2.05, 4.69) is 9.80 Å². The van der Waals surface area contributed by atoms with Gasteiger partial charge in [0, 0.05) is 52.1 Å². The summed E-state index contributed by atoms with van der Waals surface area (Å²) < 4.78 is 25.1. The highest BCUT2D eigenvalue weighted by Crippen LogP contribution is 2.34. The Morgan fingerprint density at radius 2 is 0.907 bits per heavy atom.